The molecular formula is C15H21FN2O. The number of likely N-dealkylation sites (tertiary alicyclic amines) is 1. The van der Waals surface area contributed by atoms with Crippen LogP contribution in [0, 0.1) is 12.7 Å². The molecule has 104 valence electrons. The van der Waals surface area contributed by atoms with Gasteiger partial charge in [0.05, 0.1) is 5.54 Å². The van der Waals surface area contributed by atoms with E-state index in [-0.39, 0.29) is 17.3 Å². The molecule has 1 aromatic rings. The minimum absolute atomic E-state index is 0.00153. The summed E-state index contributed by atoms with van der Waals surface area (Å²) < 4.78 is 13.3. The van der Waals surface area contributed by atoms with E-state index < -0.39 is 0 Å². The summed E-state index contributed by atoms with van der Waals surface area (Å²) in [6.45, 7) is 5.33. The first-order chi connectivity index (χ1) is 8.98. The summed E-state index contributed by atoms with van der Waals surface area (Å²) in [7, 11) is 1.90. The lowest BCUT2D eigenvalue weighted by Crippen LogP contribution is -2.50. The Kier molecular flexibility index (Phi) is 3.90. The van der Waals surface area contributed by atoms with Crippen molar-refractivity contribution in [3.05, 3.63) is 35.1 Å². The number of hydrogen-bond acceptors (Lipinski definition) is 2. The van der Waals surface area contributed by atoms with E-state index in [1.54, 1.807) is 19.1 Å². The number of rotatable bonds is 3. The largest absolute Gasteiger partial charge is 0.332 e. The van der Waals surface area contributed by atoms with Crippen LogP contribution in [0.1, 0.15) is 35.7 Å². The number of aryl methyl sites for hydroxylation is 1. The Labute approximate surface area is 113 Å². The minimum atomic E-state index is -0.268. The number of nitrogens with zero attached hydrogens (tertiary/aromatic N) is 1. The fourth-order valence-corrected chi connectivity index (χ4v) is 2.87. The third kappa shape index (κ3) is 2.63. The Hall–Kier alpha value is -1.42. The lowest BCUT2D eigenvalue weighted by atomic mass is 9.98. The summed E-state index contributed by atoms with van der Waals surface area (Å²) >= 11 is 0. The van der Waals surface area contributed by atoms with E-state index in [0.29, 0.717) is 11.1 Å². The summed E-state index contributed by atoms with van der Waals surface area (Å²) in [4.78, 5) is 14.5. The minimum Gasteiger partial charge on any atom is -0.332 e. The highest BCUT2D eigenvalue weighted by atomic mass is 19.1. The number of amides is 1. The predicted octanol–water partition coefficient (Wildman–Crippen LogP) is 2.35. The molecule has 0 aromatic heterocycles. The number of carbonyl (C=O) groups excluding carboxylic acids is 1. The van der Waals surface area contributed by atoms with Crippen LogP contribution < -0.4 is 5.32 Å². The van der Waals surface area contributed by atoms with Gasteiger partial charge in [-0.25, -0.2) is 4.39 Å². The molecule has 1 amide bonds. The summed E-state index contributed by atoms with van der Waals surface area (Å²) in [5.74, 6) is -0.269. The van der Waals surface area contributed by atoms with Crippen LogP contribution in [0.25, 0.3) is 0 Å². The van der Waals surface area contributed by atoms with Gasteiger partial charge in [0, 0.05) is 18.7 Å². The zero-order valence-electron chi connectivity index (χ0n) is 11.8. The van der Waals surface area contributed by atoms with Crippen molar-refractivity contribution in [1.29, 1.82) is 0 Å². The Morgan fingerprint density at radius 3 is 2.89 bits per heavy atom. The molecule has 3 nitrogen and oxygen atoms in total. The summed E-state index contributed by atoms with van der Waals surface area (Å²) in [6.07, 6.45) is 2.02. The van der Waals surface area contributed by atoms with E-state index in [1.807, 2.05) is 11.9 Å². The molecule has 1 aromatic carbocycles. The van der Waals surface area contributed by atoms with Crippen LogP contribution in [0.5, 0.6) is 0 Å². The van der Waals surface area contributed by atoms with E-state index in [0.717, 1.165) is 25.9 Å². The van der Waals surface area contributed by atoms with E-state index in [1.165, 1.54) is 6.07 Å². The van der Waals surface area contributed by atoms with Crippen molar-refractivity contribution in [2.24, 2.45) is 0 Å². The first-order valence-corrected chi connectivity index (χ1v) is 6.71. The molecule has 1 fully saturated rings. The number of nitrogens with one attached hydrogen (secondary N) is 1. The summed E-state index contributed by atoms with van der Waals surface area (Å²) in [5, 5.41) is 3.15. The van der Waals surface area contributed by atoms with Gasteiger partial charge in [0.25, 0.3) is 5.91 Å². The number of carbonyl (C=O) groups is 1. The quantitative estimate of drug-likeness (QED) is 0.909. The topological polar surface area (TPSA) is 32.3 Å². The molecule has 1 atom stereocenters. The fraction of sp³-hybridized carbons (Fsp3) is 0.533. The van der Waals surface area contributed by atoms with Crippen molar-refractivity contribution in [3.63, 3.8) is 0 Å². The molecular weight excluding hydrogens is 243 g/mol. The summed E-state index contributed by atoms with van der Waals surface area (Å²) in [6, 6.07) is 4.58. The highest BCUT2D eigenvalue weighted by molar-refractivity contribution is 5.95. The zero-order chi connectivity index (χ0) is 14.0. The highest BCUT2D eigenvalue weighted by Gasteiger charge is 2.39. The molecule has 1 aliphatic rings. The van der Waals surface area contributed by atoms with Crippen LogP contribution in [0.2, 0.25) is 0 Å². The highest BCUT2D eigenvalue weighted by Crippen LogP contribution is 2.30. The molecule has 1 heterocycles. The number of benzene rings is 1. The lowest BCUT2D eigenvalue weighted by molar-refractivity contribution is 0.0626. The van der Waals surface area contributed by atoms with Crippen molar-refractivity contribution in [3.8, 4) is 0 Å². The first-order valence-electron chi connectivity index (χ1n) is 6.71. The fourth-order valence-electron chi connectivity index (χ4n) is 2.87. The van der Waals surface area contributed by atoms with Gasteiger partial charge < -0.3 is 10.2 Å². The van der Waals surface area contributed by atoms with Gasteiger partial charge >= 0.3 is 0 Å². The third-order valence-corrected chi connectivity index (χ3v) is 3.96. The molecule has 1 N–H and O–H groups in total. The molecule has 1 unspecified atom stereocenters. The average Bonchev–Trinajstić information content (AvgIpc) is 2.74. The number of halogens is 1. The average molecular weight is 264 g/mol. The maximum absolute atomic E-state index is 13.3. The van der Waals surface area contributed by atoms with Gasteiger partial charge in [0.15, 0.2) is 0 Å². The van der Waals surface area contributed by atoms with Gasteiger partial charge in [-0.1, -0.05) is 0 Å². The van der Waals surface area contributed by atoms with Gasteiger partial charge in [-0.2, -0.15) is 0 Å². The standard InChI is InChI=1S/C15H21FN2O/c1-11-9-12(5-6-13(11)16)14(19)18-8-4-7-15(18,2)10-17-3/h5-6,9,17H,4,7-8,10H2,1-3H3. The maximum atomic E-state index is 13.3. The molecule has 1 saturated heterocycles. The van der Waals surface area contributed by atoms with Crippen molar-refractivity contribution in [2.75, 3.05) is 20.1 Å². The van der Waals surface area contributed by atoms with Crippen molar-refractivity contribution < 1.29 is 9.18 Å². The van der Waals surface area contributed by atoms with E-state index in [4.69, 9.17) is 0 Å². The predicted molar refractivity (Wildman–Crippen MR) is 73.7 cm³/mol. The molecule has 1 aliphatic heterocycles. The maximum Gasteiger partial charge on any atom is 0.254 e. The third-order valence-electron chi connectivity index (χ3n) is 3.96. The SMILES string of the molecule is CNCC1(C)CCCN1C(=O)c1ccc(F)c(C)c1. The van der Waals surface area contributed by atoms with E-state index >= 15 is 0 Å². The Morgan fingerprint density at radius 2 is 2.26 bits per heavy atom. The Balaban J connectivity index is 2.25. The van der Waals surface area contributed by atoms with Gasteiger partial charge in [-0.3, -0.25) is 4.79 Å². The van der Waals surface area contributed by atoms with Crippen molar-refractivity contribution in [1.82, 2.24) is 10.2 Å². The van der Waals surface area contributed by atoms with Crippen LogP contribution in [-0.4, -0.2) is 36.5 Å². The van der Waals surface area contributed by atoms with Gasteiger partial charge in [-0.15, -0.1) is 0 Å². The Bertz CT molecular complexity index is 489. The smallest absolute Gasteiger partial charge is 0.254 e. The second kappa shape index (κ2) is 5.29. The van der Waals surface area contributed by atoms with Crippen LogP contribution >= 0.6 is 0 Å². The van der Waals surface area contributed by atoms with Crippen molar-refractivity contribution >= 4 is 5.91 Å². The second-order valence-electron chi connectivity index (χ2n) is 5.55. The second-order valence-corrected chi connectivity index (χ2v) is 5.55. The molecule has 0 bridgehead atoms. The zero-order valence-corrected chi connectivity index (χ0v) is 11.8. The van der Waals surface area contributed by atoms with Crippen LogP contribution in [0.3, 0.4) is 0 Å². The number of hydrogen-bond donors (Lipinski definition) is 1. The molecule has 2 rings (SSSR count). The molecule has 4 heteroatoms. The molecule has 0 radical (unpaired) electrons. The normalized spacial score (nSPS) is 22.8. The van der Waals surface area contributed by atoms with Gasteiger partial charge in [-0.05, 0) is 57.5 Å². The summed E-state index contributed by atoms with van der Waals surface area (Å²) in [5.41, 5.74) is 0.942. The van der Waals surface area contributed by atoms with Gasteiger partial charge in [0.2, 0.25) is 0 Å². The first kappa shape index (κ1) is 14.0. The van der Waals surface area contributed by atoms with Crippen molar-refractivity contribution in [2.45, 2.75) is 32.2 Å². The molecule has 0 aliphatic carbocycles. The van der Waals surface area contributed by atoms with E-state index in [9.17, 15) is 9.18 Å². The van der Waals surface area contributed by atoms with E-state index in [2.05, 4.69) is 12.2 Å². The molecule has 19 heavy (non-hydrogen) atoms. The van der Waals surface area contributed by atoms with Gasteiger partial charge in [0.1, 0.15) is 5.82 Å². The number of likely N-dealkylation sites (N-methyl/N-ethyl adjacent to an activating group) is 1. The molecule has 0 saturated carbocycles. The van der Waals surface area contributed by atoms with Crippen LogP contribution in [0.15, 0.2) is 18.2 Å². The Morgan fingerprint density at radius 1 is 1.53 bits per heavy atom. The molecule has 0 spiro atoms. The monoisotopic (exact) mass is 264 g/mol. The van der Waals surface area contributed by atoms with Crippen LogP contribution in [0.4, 0.5) is 4.39 Å². The lowest BCUT2D eigenvalue weighted by Gasteiger charge is -2.35. The van der Waals surface area contributed by atoms with Crippen LogP contribution in [-0.2, 0) is 0 Å².